The lowest BCUT2D eigenvalue weighted by molar-refractivity contribution is 0.285. The van der Waals surface area contributed by atoms with Gasteiger partial charge in [-0.1, -0.05) is 44.9 Å². The van der Waals surface area contributed by atoms with Crippen LogP contribution >= 0.6 is 0 Å². The van der Waals surface area contributed by atoms with Crippen LogP contribution in [0.3, 0.4) is 0 Å². The number of para-hydroxylation sites is 1. The Morgan fingerprint density at radius 1 is 1.18 bits per heavy atom. The molecule has 17 heavy (non-hydrogen) atoms. The van der Waals surface area contributed by atoms with E-state index in [0.29, 0.717) is 6.61 Å². The van der Waals surface area contributed by atoms with E-state index in [1.54, 1.807) is 0 Å². The van der Waals surface area contributed by atoms with Crippen molar-refractivity contribution in [1.82, 2.24) is 0 Å². The number of rotatable bonds is 8. The summed E-state index contributed by atoms with van der Waals surface area (Å²) in [7, 11) is 0. The summed E-state index contributed by atoms with van der Waals surface area (Å²) in [4.78, 5) is 0. The summed E-state index contributed by atoms with van der Waals surface area (Å²) in [6.45, 7) is 5.21. The van der Waals surface area contributed by atoms with Gasteiger partial charge in [-0.05, 0) is 30.9 Å². The highest BCUT2D eigenvalue weighted by molar-refractivity contribution is 5.20. The first-order valence-electron chi connectivity index (χ1n) is 6.65. The second kappa shape index (κ2) is 8.13. The highest BCUT2D eigenvalue weighted by Gasteiger charge is 2.08. The number of ether oxygens (including phenoxy) is 1. The van der Waals surface area contributed by atoms with Crippen molar-refractivity contribution in [3.8, 4) is 5.75 Å². The second-order valence-corrected chi connectivity index (χ2v) is 4.84. The molecule has 0 aliphatic heterocycles. The van der Waals surface area contributed by atoms with Crippen LogP contribution in [0.4, 0.5) is 0 Å². The fraction of sp³-hybridized carbons (Fsp3) is 0.600. The minimum Gasteiger partial charge on any atom is -0.494 e. The predicted octanol–water partition coefficient (Wildman–Crippen LogP) is 3.61. The van der Waals surface area contributed by atoms with Crippen LogP contribution in [0.2, 0.25) is 0 Å². The Hall–Kier alpha value is -1.02. The number of benzene rings is 1. The lowest BCUT2D eigenvalue weighted by Crippen LogP contribution is -2.25. The van der Waals surface area contributed by atoms with Crippen molar-refractivity contribution in [1.29, 1.82) is 0 Å². The van der Waals surface area contributed by atoms with E-state index in [1.807, 2.05) is 30.3 Å². The van der Waals surface area contributed by atoms with Crippen molar-refractivity contribution in [2.45, 2.75) is 45.6 Å². The fourth-order valence-electron chi connectivity index (χ4n) is 2.09. The lowest BCUT2D eigenvalue weighted by Gasteiger charge is -2.16. The van der Waals surface area contributed by atoms with E-state index in [9.17, 15) is 0 Å². The van der Waals surface area contributed by atoms with Crippen molar-refractivity contribution >= 4 is 0 Å². The zero-order valence-corrected chi connectivity index (χ0v) is 11.1. The molecule has 2 heteroatoms. The SMILES string of the molecule is CCCC(C)CC(N)CCOc1ccccc1. The average Bonchev–Trinajstić information content (AvgIpc) is 2.30. The Balaban J connectivity index is 2.14. The first-order chi connectivity index (χ1) is 8.22. The molecular formula is C15H25NO. The minimum atomic E-state index is 0.264. The van der Waals surface area contributed by atoms with E-state index in [4.69, 9.17) is 10.5 Å². The van der Waals surface area contributed by atoms with Crippen molar-refractivity contribution in [3.05, 3.63) is 30.3 Å². The molecule has 0 amide bonds. The summed E-state index contributed by atoms with van der Waals surface area (Å²) < 4.78 is 5.64. The molecule has 0 aromatic heterocycles. The van der Waals surface area contributed by atoms with E-state index < -0.39 is 0 Å². The average molecular weight is 235 g/mol. The normalized spacial score (nSPS) is 14.3. The van der Waals surface area contributed by atoms with E-state index in [2.05, 4.69) is 13.8 Å². The van der Waals surface area contributed by atoms with Crippen LogP contribution < -0.4 is 10.5 Å². The number of nitrogens with two attached hydrogens (primary N) is 1. The molecule has 0 fully saturated rings. The predicted molar refractivity (Wildman–Crippen MR) is 73.2 cm³/mol. The summed E-state index contributed by atoms with van der Waals surface area (Å²) in [5.41, 5.74) is 6.09. The Bertz CT molecular complexity index is 286. The largest absolute Gasteiger partial charge is 0.494 e. The van der Waals surface area contributed by atoms with Crippen LogP contribution in [0.25, 0.3) is 0 Å². The van der Waals surface area contributed by atoms with Gasteiger partial charge in [-0.3, -0.25) is 0 Å². The summed E-state index contributed by atoms with van der Waals surface area (Å²) >= 11 is 0. The molecule has 2 unspecified atom stereocenters. The van der Waals surface area contributed by atoms with Gasteiger partial charge in [0.1, 0.15) is 5.75 Å². The molecule has 2 N–H and O–H groups in total. The van der Waals surface area contributed by atoms with Crippen molar-refractivity contribution in [3.63, 3.8) is 0 Å². The molecule has 0 aliphatic carbocycles. The van der Waals surface area contributed by atoms with E-state index in [0.717, 1.165) is 24.5 Å². The first-order valence-corrected chi connectivity index (χ1v) is 6.65. The van der Waals surface area contributed by atoms with Crippen LogP contribution in [-0.2, 0) is 0 Å². The molecule has 0 aliphatic rings. The van der Waals surface area contributed by atoms with Gasteiger partial charge in [0.15, 0.2) is 0 Å². The number of hydrogen-bond donors (Lipinski definition) is 1. The van der Waals surface area contributed by atoms with Crippen LogP contribution in [0, 0.1) is 5.92 Å². The van der Waals surface area contributed by atoms with Crippen LogP contribution in [0.1, 0.15) is 39.5 Å². The molecule has 1 aromatic rings. The minimum absolute atomic E-state index is 0.264. The molecule has 2 nitrogen and oxygen atoms in total. The van der Waals surface area contributed by atoms with Gasteiger partial charge in [0.05, 0.1) is 6.61 Å². The van der Waals surface area contributed by atoms with E-state index >= 15 is 0 Å². The van der Waals surface area contributed by atoms with Gasteiger partial charge >= 0.3 is 0 Å². The summed E-state index contributed by atoms with van der Waals surface area (Å²) in [5.74, 6) is 1.66. The lowest BCUT2D eigenvalue weighted by atomic mass is 9.96. The second-order valence-electron chi connectivity index (χ2n) is 4.84. The molecule has 0 heterocycles. The van der Waals surface area contributed by atoms with Crippen LogP contribution in [0.15, 0.2) is 30.3 Å². The third-order valence-electron chi connectivity index (χ3n) is 2.99. The highest BCUT2D eigenvalue weighted by atomic mass is 16.5. The van der Waals surface area contributed by atoms with Gasteiger partial charge in [-0.2, -0.15) is 0 Å². The quantitative estimate of drug-likeness (QED) is 0.747. The first kappa shape index (κ1) is 14.0. The van der Waals surface area contributed by atoms with Gasteiger partial charge in [-0.15, -0.1) is 0 Å². The van der Waals surface area contributed by atoms with E-state index in [-0.39, 0.29) is 6.04 Å². The zero-order valence-electron chi connectivity index (χ0n) is 11.1. The fourth-order valence-corrected chi connectivity index (χ4v) is 2.09. The molecule has 2 atom stereocenters. The third-order valence-corrected chi connectivity index (χ3v) is 2.99. The topological polar surface area (TPSA) is 35.2 Å². The highest BCUT2D eigenvalue weighted by Crippen LogP contribution is 2.14. The zero-order chi connectivity index (χ0) is 12.5. The Morgan fingerprint density at radius 2 is 1.88 bits per heavy atom. The van der Waals surface area contributed by atoms with Gasteiger partial charge < -0.3 is 10.5 Å². The molecule has 96 valence electrons. The standard InChI is InChI=1S/C15H25NO/c1-3-7-13(2)12-14(16)10-11-17-15-8-5-4-6-9-15/h4-6,8-9,13-14H,3,7,10-12,16H2,1-2H3. The third kappa shape index (κ3) is 6.32. The van der Waals surface area contributed by atoms with Gasteiger partial charge in [0.2, 0.25) is 0 Å². The Kier molecular flexibility index (Phi) is 6.71. The van der Waals surface area contributed by atoms with E-state index in [1.165, 1.54) is 12.8 Å². The van der Waals surface area contributed by atoms with Crippen molar-refractivity contribution < 1.29 is 4.74 Å². The smallest absolute Gasteiger partial charge is 0.119 e. The Morgan fingerprint density at radius 3 is 2.53 bits per heavy atom. The van der Waals surface area contributed by atoms with Gasteiger partial charge in [0.25, 0.3) is 0 Å². The molecular weight excluding hydrogens is 210 g/mol. The summed E-state index contributed by atoms with van der Waals surface area (Å²) in [6.07, 6.45) is 4.55. The molecule has 0 bridgehead atoms. The van der Waals surface area contributed by atoms with Crippen LogP contribution in [-0.4, -0.2) is 12.6 Å². The molecule has 0 radical (unpaired) electrons. The summed E-state index contributed by atoms with van der Waals surface area (Å²) in [5, 5.41) is 0. The molecule has 1 aromatic carbocycles. The molecule has 0 spiro atoms. The monoisotopic (exact) mass is 235 g/mol. The maximum atomic E-state index is 6.09. The Labute approximate surface area is 105 Å². The van der Waals surface area contributed by atoms with Gasteiger partial charge in [-0.25, -0.2) is 0 Å². The maximum Gasteiger partial charge on any atom is 0.119 e. The van der Waals surface area contributed by atoms with Crippen molar-refractivity contribution in [2.75, 3.05) is 6.61 Å². The van der Waals surface area contributed by atoms with Crippen molar-refractivity contribution in [2.24, 2.45) is 11.7 Å². The molecule has 1 rings (SSSR count). The maximum absolute atomic E-state index is 6.09. The summed E-state index contributed by atoms with van der Waals surface area (Å²) in [6, 6.07) is 10.2. The van der Waals surface area contributed by atoms with Crippen LogP contribution in [0.5, 0.6) is 5.75 Å². The number of hydrogen-bond acceptors (Lipinski definition) is 2. The molecule has 0 saturated carbocycles. The molecule has 0 saturated heterocycles. The van der Waals surface area contributed by atoms with Gasteiger partial charge in [0, 0.05) is 6.04 Å².